The van der Waals surface area contributed by atoms with Gasteiger partial charge in [-0.2, -0.15) is 0 Å². The molecule has 20 heavy (non-hydrogen) atoms. The lowest BCUT2D eigenvalue weighted by molar-refractivity contribution is -0.138. The van der Waals surface area contributed by atoms with E-state index in [-0.39, 0.29) is 17.7 Å². The van der Waals surface area contributed by atoms with E-state index in [0.717, 1.165) is 5.56 Å². The van der Waals surface area contributed by atoms with Crippen LogP contribution in [-0.2, 0) is 4.79 Å². The van der Waals surface area contributed by atoms with Crippen molar-refractivity contribution in [3.05, 3.63) is 34.3 Å². The van der Waals surface area contributed by atoms with Gasteiger partial charge in [-0.15, -0.1) is 0 Å². The normalized spacial score (nSPS) is 12.8. The van der Waals surface area contributed by atoms with Gasteiger partial charge in [0.25, 0.3) is 5.91 Å². The van der Waals surface area contributed by atoms with E-state index in [1.54, 1.807) is 18.2 Å². The summed E-state index contributed by atoms with van der Waals surface area (Å²) < 4.78 is 0. The Morgan fingerprint density at radius 1 is 1.30 bits per heavy atom. The van der Waals surface area contributed by atoms with Crippen LogP contribution >= 0.6 is 11.6 Å². The minimum atomic E-state index is -0.938. The van der Waals surface area contributed by atoms with Crippen molar-refractivity contribution in [1.82, 2.24) is 5.32 Å². The Morgan fingerprint density at radius 2 is 1.90 bits per heavy atom. The quantitative estimate of drug-likeness (QED) is 0.896. The molecule has 0 saturated carbocycles. The number of carboxylic acid groups (broad SMARTS) is 1. The lowest BCUT2D eigenvalue weighted by atomic mass is 9.84. The molecular weight excluding hydrogens is 278 g/mol. The van der Waals surface area contributed by atoms with Crippen LogP contribution in [0.15, 0.2) is 18.2 Å². The molecule has 5 heteroatoms. The van der Waals surface area contributed by atoms with Crippen molar-refractivity contribution in [3.8, 4) is 0 Å². The summed E-state index contributed by atoms with van der Waals surface area (Å²) in [6.45, 7) is 7.53. The van der Waals surface area contributed by atoms with Crippen molar-refractivity contribution in [2.24, 2.45) is 5.41 Å². The smallest absolute Gasteiger partial charge is 0.305 e. The Bertz CT molecular complexity index is 500. The highest BCUT2D eigenvalue weighted by Gasteiger charge is 2.28. The van der Waals surface area contributed by atoms with Gasteiger partial charge < -0.3 is 10.4 Å². The molecule has 0 saturated heterocycles. The van der Waals surface area contributed by atoms with Gasteiger partial charge in [-0.1, -0.05) is 32.4 Å². The Balaban J connectivity index is 2.93. The summed E-state index contributed by atoms with van der Waals surface area (Å²) in [5.74, 6) is -1.25. The molecule has 1 aromatic carbocycles. The van der Waals surface area contributed by atoms with Crippen LogP contribution in [0.5, 0.6) is 0 Å². The molecule has 0 bridgehead atoms. The Hall–Kier alpha value is -1.55. The second-order valence-electron chi connectivity index (χ2n) is 6.01. The molecule has 0 aliphatic carbocycles. The van der Waals surface area contributed by atoms with E-state index >= 15 is 0 Å². The van der Waals surface area contributed by atoms with Crippen molar-refractivity contribution < 1.29 is 14.7 Å². The van der Waals surface area contributed by atoms with Crippen LogP contribution in [0.3, 0.4) is 0 Å². The number of nitrogens with one attached hydrogen (secondary N) is 1. The van der Waals surface area contributed by atoms with E-state index in [2.05, 4.69) is 5.32 Å². The fraction of sp³-hybridized carbons (Fsp3) is 0.467. The van der Waals surface area contributed by atoms with Crippen LogP contribution in [-0.4, -0.2) is 23.0 Å². The van der Waals surface area contributed by atoms with Crippen molar-refractivity contribution in [2.75, 3.05) is 0 Å². The van der Waals surface area contributed by atoms with Gasteiger partial charge in [0.2, 0.25) is 0 Å². The Kier molecular flexibility index (Phi) is 5.17. The topological polar surface area (TPSA) is 66.4 Å². The molecule has 0 aliphatic heterocycles. The van der Waals surface area contributed by atoms with Crippen molar-refractivity contribution in [3.63, 3.8) is 0 Å². The molecule has 1 atom stereocenters. The largest absolute Gasteiger partial charge is 0.481 e. The number of aryl methyl sites for hydroxylation is 1. The Morgan fingerprint density at radius 3 is 2.35 bits per heavy atom. The molecule has 0 fully saturated rings. The monoisotopic (exact) mass is 297 g/mol. The number of hydrogen-bond donors (Lipinski definition) is 2. The SMILES string of the molecule is Cc1cc(Cl)cc(C(=O)NC(CC(=O)O)C(C)(C)C)c1. The number of hydrogen-bond acceptors (Lipinski definition) is 2. The number of aliphatic carboxylic acids is 1. The molecule has 0 aromatic heterocycles. The summed E-state index contributed by atoms with van der Waals surface area (Å²) in [6, 6.07) is 4.61. The van der Waals surface area contributed by atoms with Crippen molar-refractivity contribution in [2.45, 2.75) is 40.2 Å². The van der Waals surface area contributed by atoms with E-state index in [4.69, 9.17) is 16.7 Å². The molecule has 1 aromatic rings. The molecule has 0 aliphatic rings. The number of carbonyl (C=O) groups excluding carboxylic acids is 1. The molecule has 0 radical (unpaired) electrons. The first-order valence-corrected chi connectivity index (χ1v) is 6.77. The third kappa shape index (κ3) is 4.85. The number of amides is 1. The first-order valence-electron chi connectivity index (χ1n) is 6.39. The van der Waals surface area contributed by atoms with Crippen LogP contribution in [0.2, 0.25) is 5.02 Å². The minimum Gasteiger partial charge on any atom is -0.481 e. The summed E-state index contributed by atoms with van der Waals surface area (Å²) >= 11 is 5.93. The molecule has 0 spiro atoms. The van der Waals surface area contributed by atoms with Gasteiger partial charge >= 0.3 is 5.97 Å². The maximum absolute atomic E-state index is 12.2. The maximum atomic E-state index is 12.2. The number of rotatable bonds is 4. The zero-order valence-corrected chi connectivity index (χ0v) is 12.9. The Labute approximate surface area is 124 Å². The van der Waals surface area contributed by atoms with Crippen molar-refractivity contribution >= 4 is 23.5 Å². The minimum absolute atomic E-state index is 0.116. The third-order valence-electron chi connectivity index (χ3n) is 3.03. The molecule has 4 nitrogen and oxygen atoms in total. The highest BCUT2D eigenvalue weighted by atomic mass is 35.5. The summed E-state index contributed by atoms with van der Waals surface area (Å²) in [5, 5.41) is 12.2. The van der Waals surface area contributed by atoms with Gasteiger partial charge in [0.05, 0.1) is 6.42 Å². The number of halogens is 1. The van der Waals surface area contributed by atoms with E-state index in [0.29, 0.717) is 10.6 Å². The molecule has 110 valence electrons. The van der Waals surface area contributed by atoms with E-state index in [1.165, 1.54) is 0 Å². The van der Waals surface area contributed by atoms with E-state index < -0.39 is 12.0 Å². The van der Waals surface area contributed by atoms with Gasteiger partial charge in [0.1, 0.15) is 0 Å². The third-order valence-corrected chi connectivity index (χ3v) is 3.25. The van der Waals surface area contributed by atoms with Crippen LogP contribution in [0.4, 0.5) is 0 Å². The molecule has 0 heterocycles. The van der Waals surface area contributed by atoms with Gasteiger partial charge in [0.15, 0.2) is 0 Å². The number of carboxylic acids is 1. The molecule has 1 unspecified atom stereocenters. The highest BCUT2D eigenvalue weighted by Crippen LogP contribution is 2.23. The fourth-order valence-corrected chi connectivity index (χ4v) is 2.15. The zero-order valence-electron chi connectivity index (χ0n) is 12.2. The molecule has 1 amide bonds. The summed E-state index contributed by atoms with van der Waals surface area (Å²) in [7, 11) is 0. The highest BCUT2D eigenvalue weighted by molar-refractivity contribution is 6.31. The predicted molar refractivity (Wildman–Crippen MR) is 79.2 cm³/mol. The van der Waals surface area contributed by atoms with Crippen LogP contribution in [0.1, 0.15) is 43.1 Å². The van der Waals surface area contributed by atoms with Crippen molar-refractivity contribution in [1.29, 1.82) is 0 Å². The zero-order chi connectivity index (χ0) is 15.5. The first-order chi connectivity index (χ1) is 9.09. The first kappa shape index (κ1) is 16.5. The second kappa shape index (κ2) is 6.27. The summed E-state index contributed by atoms with van der Waals surface area (Å²) in [6.07, 6.45) is -0.116. The number of carbonyl (C=O) groups is 2. The van der Waals surface area contributed by atoms with Crippen LogP contribution in [0, 0.1) is 12.3 Å². The second-order valence-corrected chi connectivity index (χ2v) is 6.44. The molecule has 1 rings (SSSR count). The molecular formula is C15H20ClNO3. The van der Waals surface area contributed by atoms with E-state index in [1.807, 2.05) is 27.7 Å². The lowest BCUT2D eigenvalue weighted by Gasteiger charge is -2.30. The van der Waals surface area contributed by atoms with Crippen LogP contribution < -0.4 is 5.32 Å². The van der Waals surface area contributed by atoms with Gasteiger partial charge in [-0.3, -0.25) is 9.59 Å². The standard InChI is InChI=1S/C15H20ClNO3/c1-9-5-10(7-11(16)6-9)14(20)17-12(8-13(18)19)15(2,3)4/h5-7,12H,8H2,1-4H3,(H,17,20)(H,18,19). The van der Waals surface area contributed by atoms with Gasteiger partial charge in [0, 0.05) is 16.6 Å². The number of benzene rings is 1. The van der Waals surface area contributed by atoms with Gasteiger partial charge in [-0.05, 0) is 36.1 Å². The lowest BCUT2D eigenvalue weighted by Crippen LogP contribution is -2.45. The average Bonchev–Trinajstić information content (AvgIpc) is 2.24. The predicted octanol–water partition coefficient (Wildman–Crippen LogP) is 3.27. The maximum Gasteiger partial charge on any atom is 0.305 e. The van der Waals surface area contributed by atoms with Gasteiger partial charge in [-0.25, -0.2) is 0 Å². The summed E-state index contributed by atoms with van der Waals surface area (Å²) in [5.41, 5.74) is 0.977. The van der Waals surface area contributed by atoms with E-state index in [9.17, 15) is 9.59 Å². The average molecular weight is 298 g/mol. The molecule has 2 N–H and O–H groups in total. The fourth-order valence-electron chi connectivity index (χ4n) is 1.86. The summed E-state index contributed by atoms with van der Waals surface area (Å²) in [4.78, 5) is 23.1. The van der Waals surface area contributed by atoms with Crippen LogP contribution in [0.25, 0.3) is 0 Å².